The quantitative estimate of drug-likeness (QED) is 0.306. The lowest BCUT2D eigenvalue weighted by Crippen LogP contribution is -2.32. The lowest BCUT2D eigenvalue weighted by atomic mass is 9.83. The number of rotatable bonds is 7. The van der Waals surface area contributed by atoms with Gasteiger partial charge >= 0.3 is 4.87 Å². The molecule has 41 heavy (non-hydrogen) atoms. The second-order valence-corrected chi connectivity index (χ2v) is 11.5. The number of methoxy groups -OCH3 is 1. The highest BCUT2D eigenvalue weighted by Crippen LogP contribution is 2.53. The molecule has 0 aliphatic carbocycles. The molecule has 3 atom stereocenters. The van der Waals surface area contributed by atoms with E-state index in [1.165, 1.54) is 31.4 Å². The number of hydrogen-bond donors (Lipinski definition) is 2. The Balaban J connectivity index is 1.31. The number of aromatic nitrogens is 1. The van der Waals surface area contributed by atoms with Gasteiger partial charge in [-0.1, -0.05) is 47.4 Å². The minimum Gasteiger partial charge on any atom is -0.493 e. The minimum atomic E-state index is -0.815. The van der Waals surface area contributed by atoms with Crippen LogP contribution in [0.5, 0.6) is 11.5 Å². The number of thiazole rings is 1. The van der Waals surface area contributed by atoms with E-state index in [-0.39, 0.29) is 23.1 Å². The summed E-state index contributed by atoms with van der Waals surface area (Å²) in [7, 11) is 1.45. The van der Waals surface area contributed by atoms with Crippen LogP contribution < -0.4 is 24.6 Å². The molecule has 9 nitrogen and oxygen atoms in total. The molecule has 0 bridgehead atoms. The number of thioether (sulfide) groups is 1. The number of nitrogens with one attached hydrogen (secondary N) is 2. The first-order valence-corrected chi connectivity index (χ1v) is 14.2. The van der Waals surface area contributed by atoms with Gasteiger partial charge in [0.05, 0.1) is 23.7 Å². The highest BCUT2D eigenvalue weighted by Gasteiger charge is 2.56. The smallest absolute Gasteiger partial charge is 0.305 e. The number of hydrogen-bond acceptors (Lipinski definition) is 8. The van der Waals surface area contributed by atoms with Gasteiger partial charge in [-0.25, -0.2) is 9.29 Å². The molecule has 2 N–H and O–H groups in total. The number of carbonyl (C=O) groups excluding carboxylic acids is 3. The van der Waals surface area contributed by atoms with Crippen LogP contribution in [0.4, 0.5) is 15.8 Å². The average molecular weight is 592 g/mol. The van der Waals surface area contributed by atoms with Crippen molar-refractivity contribution in [3.63, 3.8) is 0 Å². The number of nitrogens with zero attached hydrogens (tertiary/aromatic N) is 1. The third kappa shape index (κ3) is 5.00. The lowest BCUT2D eigenvalue weighted by Gasteiger charge is -2.30. The van der Waals surface area contributed by atoms with Crippen LogP contribution in [-0.4, -0.2) is 41.7 Å². The van der Waals surface area contributed by atoms with Crippen molar-refractivity contribution in [3.05, 3.63) is 98.7 Å². The van der Waals surface area contributed by atoms with Crippen LogP contribution in [0, 0.1) is 11.7 Å². The summed E-state index contributed by atoms with van der Waals surface area (Å²) >= 11 is 2.14. The zero-order valence-corrected chi connectivity index (χ0v) is 23.1. The van der Waals surface area contributed by atoms with Gasteiger partial charge in [0.25, 0.3) is 5.91 Å². The maximum Gasteiger partial charge on any atom is 0.305 e. The van der Waals surface area contributed by atoms with Crippen molar-refractivity contribution in [3.8, 4) is 11.5 Å². The average Bonchev–Trinajstić information content (AvgIpc) is 3.47. The van der Waals surface area contributed by atoms with Crippen molar-refractivity contribution in [2.75, 3.05) is 23.9 Å². The molecule has 3 aromatic carbocycles. The van der Waals surface area contributed by atoms with E-state index in [2.05, 4.69) is 10.3 Å². The van der Waals surface area contributed by atoms with Gasteiger partial charge < -0.3 is 19.8 Å². The number of para-hydroxylation sites is 1. The van der Waals surface area contributed by atoms with Crippen LogP contribution in [0.2, 0.25) is 0 Å². The second kappa shape index (κ2) is 10.9. The second-order valence-electron chi connectivity index (χ2n) is 9.35. The zero-order valence-electron chi connectivity index (χ0n) is 21.5. The maximum absolute atomic E-state index is 13.8. The Labute approximate surface area is 241 Å². The third-order valence-corrected chi connectivity index (χ3v) is 9.27. The van der Waals surface area contributed by atoms with Crippen molar-refractivity contribution >= 4 is 52.2 Å². The van der Waals surface area contributed by atoms with Crippen LogP contribution in [0.1, 0.15) is 16.4 Å². The fourth-order valence-corrected chi connectivity index (χ4v) is 7.59. The van der Waals surface area contributed by atoms with E-state index in [0.717, 1.165) is 28.0 Å². The van der Waals surface area contributed by atoms with E-state index in [0.29, 0.717) is 32.7 Å². The number of H-pyrrole nitrogens is 1. The van der Waals surface area contributed by atoms with E-state index < -0.39 is 34.7 Å². The molecule has 3 heterocycles. The summed E-state index contributed by atoms with van der Waals surface area (Å²) in [5.41, 5.74) is 1.55. The molecule has 1 saturated heterocycles. The zero-order chi connectivity index (χ0) is 28.7. The number of fused-ring (bicyclic) bond motifs is 2. The number of amides is 3. The van der Waals surface area contributed by atoms with Crippen molar-refractivity contribution < 1.29 is 28.2 Å². The number of anilines is 2. The molecule has 0 radical (unpaired) electrons. The van der Waals surface area contributed by atoms with Crippen LogP contribution >= 0.6 is 23.1 Å². The van der Waals surface area contributed by atoms with Gasteiger partial charge in [0.2, 0.25) is 11.8 Å². The molecule has 1 fully saturated rings. The summed E-state index contributed by atoms with van der Waals surface area (Å²) in [6.07, 6.45) is 0. The van der Waals surface area contributed by atoms with Crippen molar-refractivity contribution in [2.24, 2.45) is 5.92 Å². The number of carbonyl (C=O) groups is 3. The van der Waals surface area contributed by atoms with Gasteiger partial charge in [0, 0.05) is 16.5 Å². The van der Waals surface area contributed by atoms with Crippen LogP contribution in [0.25, 0.3) is 0 Å². The Morgan fingerprint density at radius 3 is 2.49 bits per heavy atom. The number of benzene rings is 3. The van der Waals surface area contributed by atoms with Crippen LogP contribution in [0.3, 0.4) is 0 Å². The highest BCUT2D eigenvalue weighted by atomic mass is 32.2. The Morgan fingerprint density at radius 1 is 1.00 bits per heavy atom. The van der Waals surface area contributed by atoms with Crippen LogP contribution in [0.15, 0.2) is 82.6 Å². The number of ether oxygens (including phenoxy) is 2. The van der Waals surface area contributed by atoms with E-state index >= 15 is 0 Å². The summed E-state index contributed by atoms with van der Waals surface area (Å²) in [5, 5.41) is 2.49. The summed E-state index contributed by atoms with van der Waals surface area (Å²) in [6.45, 7) is -0.265. The Hall–Kier alpha value is -4.42. The van der Waals surface area contributed by atoms with E-state index in [1.54, 1.807) is 42.5 Å². The maximum atomic E-state index is 13.8. The predicted molar refractivity (Wildman–Crippen MR) is 152 cm³/mol. The first-order valence-electron chi connectivity index (χ1n) is 12.5. The van der Waals surface area contributed by atoms with E-state index in [1.807, 2.05) is 6.07 Å². The number of aromatic amines is 1. The molecular weight excluding hydrogens is 569 g/mol. The molecule has 0 unspecified atom stereocenters. The Morgan fingerprint density at radius 2 is 1.76 bits per heavy atom. The summed E-state index contributed by atoms with van der Waals surface area (Å²) in [5.74, 6) is -2.53. The monoisotopic (exact) mass is 591 g/mol. The molecule has 0 spiro atoms. The highest BCUT2D eigenvalue weighted by molar-refractivity contribution is 8.00. The first kappa shape index (κ1) is 26.8. The molecular formula is C29H22FN3O6S2. The van der Waals surface area contributed by atoms with Crippen molar-refractivity contribution in [1.29, 1.82) is 0 Å². The topological polar surface area (TPSA) is 118 Å². The largest absolute Gasteiger partial charge is 0.493 e. The summed E-state index contributed by atoms with van der Waals surface area (Å²) in [4.78, 5) is 56.3. The molecule has 208 valence electrons. The predicted octanol–water partition coefficient (Wildman–Crippen LogP) is 4.40. The van der Waals surface area contributed by atoms with Gasteiger partial charge in [0.15, 0.2) is 18.1 Å². The van der Waals surface area contributed by atoms with Gasteiger partial charge in [-0.2, -0.15) is 0 Å². The lowest BCUT2D eigenvalue weighted by molar-refractivity contribution is -0.122. The number of halogens is 1. The summed E-state index contributed by atoms with van der Waals surface area (Å²) in [6, 6.07) is 19.2. The van der Waals surface area contributed by atoms with Crippen molar-refractivity contribution in [1.82, 2.24) is 4.98 Å². The minimum absolute atomic E-state index is 0.265. The van der Waals surface area contributed by atoms with Crippen LogP contribution in [-0.2, 0) is 14.4 Å². The molecule has 4 aromatic rings. The molecule has 0 saturated carbocycles. The van der Waals surface area contributed by atoms with Gasteiger partial charge in [-0.3, -0.25) is 19.2 Å². The Kier molecular flexibility index (Phi) is 7.10. The van der Waals surface area contributed by atoms with E-state index in [9.17, 15) is 23.6 Å². The molecule has 12 heteroatoms. The van der Waals surface area contributed by atoms with Gasteiger partial charge in [-0.15, -0.1) is 0 Å². The molecule has 3 amide bonds. The van der Waals surface area contributed by atoms with E-state index in [4.69, 9.17) is 9.47 Å². The molecule has 1 aromatic heterocycles. The SMILES string of the molecule is COc1cc([C@@H]2c3sc(=O)[nH]c3S[C@H]3C(=O)N(c4ccc(F)cc4)C(=O)[C@@H]23)ccc1OCC(=O)Nc1ccccc1. The summed E-state index contributed by atoms with van der Waals surface area (Å²) < 4.78 is 24.8. The Bertz CT molecular complexity index is 1710. The van der Waals surface area contributed by atoms with Gasteiger partial charge in [0.1, 0.15) is 11.1 Å². The fraction of sp³-hybridized carbons (Fsp3) is 0.172. The number of imide groups is 1. The van der Waals surface area contributed by atoms with Crippen molar-refractivity contribution in [2.45, 2.75) is 16.2 Å². The third-order valence-electron chi connectivity index (χ3n) is 6.87. The molecule has 2 aliphatic rings. The normalized spacial score (nSPS) is 19.5. The fourth-order valence-electron chi connectivity index (χ4n) is 5.08. The van der Waals surface area contributed by atoms with Gasteiger partial charge in [-0.05, 0) is 54.1 Å². The first-order chi connectivity index (χ1) is 19.8. The molecule has 6 rings (SSSR count). The standard InChI is InChI=1S/C29H22FN3O6S2/c1-38-20-13-15(7-12-19(20)39-14-21(34)31-17-5-3-2-4-6-17)22-23-25(40-26-24(22)41-29(37)32-26)28(36)33(27(23)35)18-10-8-16(30)9-11-18/h2-13,22-23,25H,14H2,1H3,(H,31,34)(H,32,37)/t22-,23-,25+/m0/s1. The molecule has 2 aliphatic heterocycles.